The summed E-state index contributed by atoms with van der Waals surface area (Å²) in [4.78, 5) is 12.5. The van der Waals surface area contributed by atoms with Gasteiger partial charge in [0.25, 0.3) is 0 Å². The highest BCUT2D eigenvalue weighted by Crippen LogP contribution is 2.33. The maximum Gasteiger partial charge on any atom is 0.303 e. The third-order valence-electron chi connectivity index (χ3n) is 3.91. The van der Waals surface area contributed by atoms with Crippen molar-refractivity contribution in [2.24, 2.45) is 0 Å². The molecule has 0 aromatic heterocycles. The van der Waals surface area contributed by atoms with Gasteiger partial charge < -0.3 is 10.0 Å². The summed E-state index contributed by atoms with van der Waals surface area (Å²) in [5.41, 5.74) is -0.0835. The summed E-state index contributed by atoms with van der Waals surface area (Å²) in [6.07, 6.45) is 4.28. The van der Waals surface area contributed by atoms with Crippen LogP contribution in [0.5, 0.6) is 0 Å². The molecule has 0 atom stereocenters. The Hall–Kier alpha value is -0.660. The molecule has 0 bridgehead atoms. The minimum absolute atomic E-state index is 0.0835. The van der Waals surface area contributed by atoms with Gasteiger partial charge in [-0.1, -0.05) is 12.8 Å². The van der Waals surface area contributed by atoms with E-state index >= 15 is 0 Å². The Morgan fingerprint density at radius 2 is 1.89 bits per heavy atom. The molecule has 1 aliphatic rings. The fourth-order valence-electron chi connectivity index (χ4n) is 2.55. The molecule has 0 aromatic rings. The minimum Gasteiger partial charge on any atom is -0.481 e. The standard InChI is InChI=1S/C12H24N2O4S/c1-14(2)12(7-3-4-8-12)10-13-19(17,18)9-5-6-11(15)16/h13H,3-10H2,1-2H3,(H,15,16). The summed E-state index contributed by atoms with van der Waals surface area (Å²) in [5, 5.41) is 8.50. The van der Waals surface area contributed by atoms with E-state index in [0.717, 1.165) is 25.7 Å². The molecule has 0 heterocycles. The molecule has 0 amide bonds. The zero-order valence-corrected chi connectivity index (χ0v) is 12.5. The zero-order chi connectivity index (χ0) is 14.5. The highest BCUT2D eigenvalue weighted by Gasteiger charge is 2.36. The monoisotopic (exact) mass is 292 g/mol. The van der Waals surface area contributed by atoms with E-state index in [9.17, 15) is 13.2 Å². The number of carbonyl (C=O) groups is 1. The fourth-order valence-corrected chi connectivity index (χ4v) is 3.70. The number of sulfonamides is 1. The number of nitrogens with zero attached hydrogens (tertiary/aromatic N) is 1. The Bertz CT molecular complexity index is 400. The van der Waals surface area contributed by atoms with Crippen LogP contribution < -0.4 is 4.72 Å². The normalized spacial score (nSPS) is 18.9. The van der Waals surface area contributed by atoms with Gasteiger partial charge in [0.2, 0.25) is 10.0 Å². The smallest absolute Gasteiger partial charge is 0.303 e. The van der Waals surface area contributed by atoms with E-state index in [4.69, 9.17) is 5.11 Å². The number of hydrogen-bond donors (Lipinski definition) is 2. The lowest BCUT2D eigenvalue weighted by Crippen LogP contribution is -2.51. The van der Waals surface area contributed by atoms with Crippen LogP contribution in [0.2, 0.25) is 0 Å². The van der Waals surface area contributed by atoms with Gasteiger partial charge in [-0.2, -0.15) is 0 Å². The van der Waals surface area contributed by atoms with Gasteiger partial charge in [-0.15, -0.1) is 0 Å². The van der Waals surface area contributed by atoms with Crippen molar-refractivity contribution in [1.82, 2.24) is 9.62 Å². The van der Waals surface area contributed by atoms with Crippen LogP contribution in [0, 0.1) is 0 Å². The van der Waals surface area contributed by atoms with Crippen LogP contribution in [0.3, 0.4) is 0 Å². The molecule has 0 aromatic carbocycles. The molecule has 0 unspecified atom stereocenters. The summed E-state index contributed by atoms with van der Waals surface area (Å²) < 4.78 is 26.3. The molecule has 0 radical (unpaired) electrons. The second-order valence-corrected chi connectivity index (χ2v) is 7.39. The van der Waals surface area contributed by atoms with Gasteiger partial charge in [0.15, 0.2) is 0 Å². The van der Waals surface area contributed by atoms with Crippen molar-refractivity contribution in [2.75, 3.05) is 26.4 Å². The molecular weight excluding hydrogens is 268 g/mol. The molecule has 19 heavy (non-hydrogen) atoms. The van der Waals surface area contributed by atoms with Gasteiger partial charge in [0, 0.05) is 18.5 Å². The first kappa shape index (κ1) is 16.4. The highest BCUT2D eigenvalue weighted by atomic mass is 32.2. The number of nitrogens with one attached hydrogen (secondary N) is 1. The van der Waals surface area contributed by atoms with Gasteiger partial charge in [-0.05, 0) is 33.4 Å². The molecule has 112 valence electrons. The minimum atomic E-state index is -3.38. The quantitative estimate of drug-likeness (QED) is 0.686. The van der Waals surface area contributed by atoms with Crippen molar-refractivity contribution in [2.45, 2.75) is 44.1 Å². The van der Waals surface area contributed by atoms with Gasteiger partial charge in [0.1, 0.15) is 0 Å². The van der Waals surface area contributed by atoms with E-state index < -0.39 is 16.0 Å². The van der Waals surface area contributed by atoms with E-state index in [1.165, 1.54) is 0 Å². The average molecular weight is 292 g/mol. The molecule has 2 N–H and O–H groups in total. The highest BCUT2D eigenvalue weighted by molar-refractivity contribution is 7.89. The van der Waals surface area contributed by atoms with Crippen molar-refractivity contribution in [3.8, 4) is 0 Å². The van der Waals surface area contributed by atoms with E-state index in [2.05, 4.69) is 9.62 Å². The number of aliphatic carboxylic acids is 1. The first-order valence-corrected chi connectivity index (χ1v) is 8.29. The van der Waals surface area contributed by atoms with Crippen molar-refractivity contribution in [3.63, 3.8) is 0 Å². The van der Waals surface area contributed by atoms with Crippen LogP contribution >= 0.6 is 0 Å². The van der Waals surface area contributed by atoms with Gasteiger partial charge in [-0.3, -0.25) is 4.79 Å². The first-order valence-electron chi connectivity index (χ1n) is 6.64. The molecule has 1 saturated carbocycles. The Labute approximate surface area is 115 Å². The summed E-state index contributed by atoms with van der Waals surface area (Å²) in [6, 6.07) is 0. The van der Waals surface area contributed by atoms with E-state index in [1.54, 1.807) is 0 Å². The Balaban J connectivity index is 2.47. The number of carboxylic acids is 1. The van der Waals surface area contributed by atoms with E-state index in [0.29, 0.717) is 6.54 Å². The van der Waals surface area contributed by atoms with E-state index in [1.807, 2.05) is 14.1 Å². The van der Waals surface area contributed by atoms with Crippen molar-refractivity contribution >= 4 is 16.0 Å². The third kappa shape index (κ3) is 5.08. The van der Waals surface area contributed by atoms with Crippen LogP contribution in [-0.2, 0) is 14.8 Å². The van der Waals surface area contributed by atoms with Crippen LogP contribution in [0.4, 0.5) is 0 Å². The Morgan fingerprint density at radius 3 is 2.37 bits per heavy atom. The SMILES string of the molecule is CN(C)C1(CNS(=O)(=O)CCCC(=O)O)CCCC1. The number of likely N-dealkylation sites (N-methyl/N-ethyl adjacent to an activating group) is 1. The van der Waals surface area contributed by atoms with Crippen LogP contribution in [0.15, 0.2) is 0 Å². The molecule has 0 spiro atoms. The lowest BCUT2D eigenvalue weighted by atomic mass is 9.97. The predicted octanol–water partition coefficient (Wildman–Crippen LogP) is 0.645. The van der Waals surface area contributed by atoms with E-state index in [-0.39, 0.29) is 24.1 Å². The van der Waals surface area contributed by atoms with Crippen molar-refractivity contribution in [1.29, 1.82) is 0 Å². The van der Waals surface area contributed by atoms with Crippen molar-refractivity contribution < 1.29 is 18.3 Å². The molecule has 1 fully saturated rings. The number of hydrogen-bond acceptors (Lipinski definition) is 4. The van der Waals surface area contributed by atoms with Crippen LogP contribution in [-0.4, -0.2) is 56.3 Å². The molecule has 7 heteroatoms. The Kier molecular flexibility index (Phi) is 5.76. The molecular formula is C12H24N2O4S. The lowest BCUT2D eigenvalue weighted by Gasteiger charge is -2.36. The number of carboxylic acid groups (broad SMARTS) is 1. The van der Waals surface area contributed by atoms with Crippen molar-refractivity contribution in [3.05, 3.63) is 0 Å². The predicted molar refractivity (Wildman–Crippen MR) is 73.5 cm³/mol. The second kappa shape index (κ2) is 6.67. The molecule has 0 aliphatic heterocycles. The maximum absolute atomic E-state index is 11.8. The molecule has 1 rings (SSSR count). The molecule has 0 saturated heterocycles. The van der Waals surface area contributed by atoms with Crippen LogP contribution in [0.25, 0.3) is 0 Å². The number of rotatable bonds is 8. The summed E-state index contributed by atoms with van der Waals surface area (Å²) in [6.45, 7) is 0.412. The first-order chi connectivity index (χ1) is 8.77. The molecule has 6 nitrogen and oxygen atoms in total. The van der Waals surface area contributed by atoms with Crippen LogP contribution in [0.1, 0.15) is 38.5 Å². The average Bonchev–Trinajstić information content (AvgIpc) is 2.75. The summed E-state index contributed by atoms with van der Waals surface area (Å²) in [5.74, 6) is -1.08. The zero-order valence-electron chi connectivity index (χ0n) is 11.7. The van der Waals surface area contributed by atoms with Gasteiger partial charge >= 0.3 is 5.97 Å². The van der Waals surface area contributed by atoms with Gasteiger partial charge in [0.05, 0.1) is 5.75 Å². The lowest BCUT2D eigenvalue weighted by molar-refractivity contribution is -0.137. The Morgan fingerprint density at radius 1 is 1.32 bits per heavy atom. The second-order valence-electron chi connectivity index (χ2n) is 5.46. The maximum atomic E-state index is 11.8. The molecule has 1 aliphatic carbocycles. The summed E-state index contributed by atoms with van der Waals surface area (Å²) in [7, 11) is 0.576. The largest absolute Gasteiger partial charge is 0.481 e. The summed E-state index contributed by atoms with van der Waals surface area (Å²) >= 11 is 0. The third-order valence-corrected chi connectivity index (χ3v) is 5.32. The topological polar surface area (TPSA) is 86.7 Å². The fraction of sp³-hybridized carbons (Fsp3) is 0.917. The van der Waals surface area contributed by atoms with Gasteiger partial charge in [-0.25, -0.2) is 13.1 Å².